The van der Waals surface area contributed by atoms with Crippen LogP contribution in [-0.4, -0.2) is 69.7 Å². The van der Waals surface area contributed by atoms with Crippen molar-refractivity contribution in [2.75, 3.05) is 38.2 Å². The molecule has 3 aromatic heterocycles. The van der Waals surface area contributed by atoms with Crippen LogP contribution in [0.15, 0.2) is 42.7 Å². The molecule has 4 heterocycles. The maximum Gasteiger partial charge on any atom is 0.409 e. The molecule has 0 radical (unpaired) electrons. The zero-order chi connectivity index (χ0) is 25.2. The van der Waals surface area contributed by atoms with Gasteiger partial charge in [0.25, 0.3) is 0 Å². The Labute approximate surface area is 209 Å². The number of H-pyrrole nitrogens is 1. The predicted octanol–water partition coefficient (Wildman–Crippen LogP) is 4.06. The molecular formula is C26H29N7O3. The summed E-state index contributed by atoms with van der Waals surface area (Å²) in [6.07, 6.45) is 3.14. The summed E-state index contributed by atoms with van der Waals surface area (Å²) in [4.78, 5) is 20.3. The van der Waals surface area contributed by atoms with Crippen molar-refractivity contribution in [3.63, 3.8) is 0 Å². The van der Waals surface area contributed by atoms with Crippen molar-refractivity contribution in [1.82, 2.24) is 30.3 Å². The van der Waals surface area contributed by atoms with Crippen LogP contribution in [0.4, 0.5) is 10.6 Å². The van der Waals surface area contributed by atoms with Gasteiger partial charge in [0.1, 0.15) is 23.4 Å². The van der Waals surface area contributed by atoms with Crippen LogP contribution in [0.1, 0.15) is 29.8 Å². The number of aromatic nitrogens is 5. The van der Waals surface area contributed by atoms with E-state index in [9.17, 15) is 4.79 Å². The number of nitrogens with zero attached hydrogens (tertiary/aromatic N) is 6. The number of piperazine rings is 1. The van der Waals surface area contributed by atoms with Crippen LogP contribution in [0, 0.1) is 13.8 Å². The van der Waals surface area contributed by atoms with Crippen LogP contribution in [0.3, 0.4) is 0 Å². The molecule has 186 valence electrons. The Morgan fingerprint density at radius 2 is 1.89 bits per heavy atom. The number of fused-ring (bicyclic) bond motifs is 1. The Hall–Kier alpha value is -4.21. The largest absolute Gasteiger partial charge is 0.486 e. The molecule has 0 unspecified atom stereocenters. The van der Waals surface area contributed by atoms with Crippen LogP contribution < -0.4 is 9.64 Å². The van der Waals surface area contributed by atoms with Gasteiger partial charge in [-0.1, -0.05) is 0 Å². The Bertz CT molecular complexity index is 1360. The molecule has 0 bridgehead atoms. The van der Waals surface area contributed by atoms with E-state index < -0.39 is 0 Å². The molecule has 1 aliphatic rings. The number of methoxy groups -OCH3 is 1. The van der Waals surface area contributed by atoms with Gasteiger partial charge in [-0.2, -0.15) is 15.3 Å². The number of carbonyl (C=O) groups excluding carboxylic acids is 1. The molecule has 1 atom stereocenters. The topological polar surface area (TPSA) is 109 Å². The summed E-state index contributed by atoms with van der Waals surface area (Å²) >= 11 is 0. The number of benzene rings is 1. The van der Waals surface area contributed by atoms with Gasteiger partial charge in [-0.3, -0.25) is 5.10 Å². The van der Waals surface area contributed by atoms with Gasteiger partial charge in [-0.05, 0) is 56.7 Å². The summed E-state index contributed by atoms with van der Waals surface area (Å²) in [5.41, 5.74) is 5.61. The lowest BCUT2D eigenvalue weighted by molar-refractivity contribution is 0.121. The summed E-state index contributed by atoms with van der Waals surface area (Å²) in [6.45, 7) is 8.61. The summed E-state index contributed by atoms with van der Waals surface area (Å²) < 4.78 is 11.1. The fourth-order valence-electron chi connectivity index (χ4n) is 4.74. The minimum absolute atomic E-state index is 0.172. The van der Waals surface area contributed by atoms with E-state index in [1.54, 1.807) is 11.1 Å². The van der Waals surface area contributed by atoms with Crippen molar-refractivity contribution < 1.29 is 14.3 Å². The van der Waals surface area contributed by atoms with Gasteiger partial charge in [-0.25, -0.2) is 9.78 Å². The maximum atomic E-state index is 11.7. The normalized spacial score (nSPS) is 14.7. The Kier molecular flexibility index (Phi) is 6.41. The SMILES string of the molecule is COC(=O)N1CCN(c2ccc(-c3n[nH]c4ccc(O[C@@H](C)c5c(C)cnnc5C)cc34)cn2)CC1. The van der Waals surface area contributed by atoms with E-state index in [2.05, 4.69) is 30.3 Å². The third-order valence-electron chi connectivity index (χ3n) is 6.59. The van der Waals surface area contributed by atoms with Crippen molar-refractivity contribution in [3.8, 4) is 17.0 Å². The molecule has 10 heteroatoms. The van der Waals surface area contributed by atoms with Gasteiger partial charge < -0.3 is 19.3 Å². The fourth-order valence-corrected chi connectivity index (χ4v) is 4.74. The predicted molar refractivity (Wildman–Crippen MR) is 136 cm³/mol. The first-order valence-corrected chi connectivity index (χ1v) is 11.9. The number of aryl methyl sites for hydroxylation is 2. The molecule has 1 N–H and O–H groups in total. The fraction of sp³-hybridized carbons (Fsp3) is 0.346. The Morgan fingerprint density at radius 3 is 2.58 bits per heavy atom. The van der Waals surface area contributed by atoms with E-state index in [0.29, 0.717) is 26.2 Å². The first-order valence-electron chi connectivity index (χ1n) is 11.9. The quantitative estimate of drug-likeness (QED) is 0.449. The summed E-state index contributed by atoms with van der Waals surface area (Å²) in [5, 5.41) is 16.8. The molecule has 1 aromatic carbocycles. The Morgan fingerprint density at radius 1 is 1.08 bits per heavy atom. The smallest absolute Gasteiger partial charge is 0.409 e. The average molecular weight is 488 g/mol. The number of rotatable bonds is 5. The van der Waals surface area contributed by atoms with Crippen LogP contribution in [0.5, 0.6) is 5.75 Å². The molecule has 1 fully saturated rings. The molecule has 36 heavy (non-hydrogen) atoms. The van der Waals surface area contributed by atoms with E-state index in [4.69, 9.17) is 9.47 Å². The number of amides is 1. The van der Waals surface area contributed by atoms with Gasteiger partial charge >= 0.3 is 6.09 Å². The van der Waals surface area contributed by atoms with E-state index in [1.807, 2.05) is 57.3 Å². The number of anilines is 1. The number of aromatic amines is 1. The first kappa shape index (κ1) is 23.5. The summed E-state index contributed by atoms with van der Waals surface area (Å²) in [6, 6.07) is 9.94. The zero-order valence-corrected chi connectivity index (χ0v) is 20.9. The second kappa shape index (κ2) is 9.80. The van der Waals surface area contributed by atoms with Crippen LogP contribution in [-0.2, 0) is 4.74 Å². The summed E-state index contributed by atoms with van der Waals surface area (Å²) in [7, 11) is 1.41. The highest BCUT2D eigenvalue weighted by atomic mass is 16.5. The van der Waals surface area contributed by atoms with Gasteiger partial charge in [-0.15, -0.1) is 0 Å². The highest BCUT2D eigenvalue weighted by molar-refractivity contribution is 5.93. The lowest BCUT2D eigenvalue weighted by atomic mass is 10.0. The molecule has 0 aliphatic carbocycles. The van der Waals surface area contributed by atoms with Gasteiger partial charge in [0, 0.05) is 48.9 Å². The molecule has 0 spiro atoms. The van der Waals surface area contributed by atoms with Crippen molar-refractivity contribution >= 4 is 22.8 Å². The van der Waals surface area contributed by atoms with Crippen molar-refractivity contribution in [2.24, 2.45) is 0 Å². The lowest BCUT2D eigenvalue weighted by Crippen LogP contribution is -2.49. The highest BCUT2D eigenvalue weighted by Gasteiger charge is 2.22. The van der Waals surface area contributed by atoms with Crippen molar-refractivity contribution in [3.05, 3.63) is 59.5 Å². The molecular weight excluding hydrogens is 458 g/mol. The minimum atomic E-state index is -0.288. The number of hydrogen-bond acceptors (Lipinski definition) is 8. The van der Waals surface area contributed by atoms with E-state index >= 15 is 0 Å². The number of nitrogens with one attached hydrogen (secondary N) is 1. The lowest BCUT2D eigenvalue weighted by Gasteiger charge is -2.34. The first-order chi connectivity index (χ1) is 17.4. The van der Waals surface area contributed by atoms with Gasteiger partial charge in [0.15, 0.2) is 0 Å². The molecule has 10 nitrogen and oxygen atoms in total. The second-order valence-corrected chi connectivity index (χ2v) is 8.92. The minimum Gasteiger partial charge on any atom is -0.486 e. The average Bonchev–Trinajstić information content (AvgIpc) is 3.31. The van der Waals surface area contributed by atoms with E-state index in [0.717, 1.165) is 50.5 Å². The van der Waals surface area contributed by atoms with Crippen LogP contribution in [0.25, 0.3) is 22.2 Å². The monoisotopic (exact) mass is 487 g/mol. The molecule has 1 amide bonds. The standard InChI is InChI=1S/C26H29N7O3/c1-16-14-28-29-17(2)24(16)18(3)36-20-6-7-22-21(13-20)25(31-30-22)19-5-8-23(27-15-19)32-9-11-33(12-10-32)26(34)35-4/h5-8,13-15,18H,9-12H2,1-4H3,(H,30,31)/t18-/m0/s1. The third-order valence-corrected chi connectivity index (χ3v) is 6.59. The molecule has 4 aromatic rings. The number of hydrogen-bond donors (Lipinski definition) is 1. The molecule has 1 saturated heterocycles. The third kappa shape index (κ3) is 4.53. The highest BCUT2D eigenvalue weighted by Crippen LogP contribution is 2.32. The van der Waals surface area contributed by atoms with Crippen LogP contribution in [0.2, 0.25) is 0 Å². The summed E-state index contributed by atoms with van der Waals surface area (Å²) in [5.74, 6) is 1.62. The van der Waals surface area contributed by atoms with Crippen molar-refractivity contribution in [2.45, 2.75) is 26.9 Å². The Balaban J connectivity index is 1.34. The maximum absolute atomic E-state index is 11.7. The van der Waals surface area contributed by atoms with Crippen molar-refractivity contribution in [1.29, 1.82) is 0 Å². The number of carbonyl (C=O) groups is 1. The van der Waals surface area contributed by atoms with Crippen LogP contribution >= 0.6 is 0 Å². The van der Waals surface area contributed by atoms with E-state index in [-0.39, 0.29) is 12.2 Å². The zero-order valence-electron chi connectivity index (χ0n) is 20.9. The molecule has 1 aliphatic heterocycles. The second-order valence-electron chi connectivity index (χ2n) is 8.92. The molecule has 0 saturated carbocycles. The molecule has 5 rings (SSSR count). The van der Waals surface area contributed by atoms with Gasteiger partial charge in [0.05, 0.1) is 24.5 Å². The van der Waals surface area contributed by atoms with Gasteiger partial charge in [0.2, 0.25) is 0 Å². The number of ether oxygens (including phenoxy) is 2. The number of pyridine rings is 1. The van der Waals surface area contributed by atoms with E-state index in [1.165, 1.54) is 7.11 Å².